The SMILES string of the molecule is CCOC(=N)c1ccccc1[N+](=O)[O-]. The third-order valence-electron chi connectivity index (χ3n) is 1.63. The number of nitro benzene ring substituents is 1. The van der Waals surface area contributed by atoms with Gasteiger partial charge in [-0.3, -0.25) is 15.5 Å². The van der Waals surface area contributed by atoms with E-state index in [0.29, 0.717) is 6.61 Å². The van der Waals surface area contributed by atoms with E-state index in [1.54, 1.807) is 19.1 Å². The summed E-state index contributed by atoms with van der Waals surface area (Å²) in [5.74, 6) is -0.167. The number of benzene rings is 1. The largest absolute Gasteiger partial charge is 0.478 e. The van der Waals surface area contributed by atoms with Gasteiger partial charge in [0.15, 0.2) is 0 Å². The number of hydrogen-bond donors (Lipinski definition) is 1. The van der Waals surface area contributed by atoms with E-state index in [1.807, 2.05) is 0 Å². The summed E-state index contributed by atoms with van der Waals surface area (Å²) in [5, 5.41) is 18.0. The molecule has 0 unspecified atom stereocenters. The minimum absolute atomic E-state index is 0.106. The standard InChI is InChI=1S/C9H10N2O3/c1-2-14-9(10)7-5-3-4-6-8(7)11(12)13/h3-6,10H,2H2,1H3. The average molecular weight is 194 g/mol. The summed E-state index contributed by atoms with van der Waals surface area (Å²) in [6.45, 7) is 2.05. The maximum atomic E-state index is 10.6. The Hall–Kier alpha value is -1.91. The zero-order valence-corrected chi connectivity index (χ0v) is 7.69. The van der Waals surface area contributed by atoms with Gasteiger partial charge in [0.1, 0.15) is 5.56 Å². The topological polar surface area (TPSA) is 76.2 Å². The van der Waals surface area contributed by atoms with Crippen LogP contribution in [0.3, 0.4) is 0 Å². The van der Waals surface area contributed by atoms with Gasteiger partial charge in [0.05, 0.1) is 11.5 Å². The van der Waals surface area contributed by atoms with Crippen LogP contribution in [0.5, 0.6) is 0 Å². The predicted octanol–water partition coefficient (Wildman–Crippen LogP) is 1.96. The van der Waals surface area contributed by atoms with Gasteiger partial charge in [-0.1, -0.05) is 12.1 Å². The average Bonchev–Trinajstić information content (AvgIpc) is 2.18. The first-order valence-electron chi connectivity index (χ1n) is 4.12. The summed E-state index contributed by atoms with van der Waals surface area (Å²) in [7, 11) is 0. The van der Waals surface area contributed by atoms with Crippen LogP contribution in [0.25, 0.3) is 0 Å². The third-order valence-corrected chi connectivity index (χ3v) is 1.63. The van der Waals surface area contributed by atoms with Crippen molar-refractivity contribution in [1.29, 1.82) is 5.41 Å². The van der Waals surface area contributed by atoms with E-state index in [4.69, 9.17) is 10.1 Å². The van der Waals surface area contributed by atoms with E-state index in [-0.39, 0.29) is 17.1 Å². The summed E-state index contributed by atoms with van der Waals surface area (Å²) in [6, 6.07) is 6.04. The monoisotopic (exact) mass is 194 g/mol. The summed E-state index contributed by atoms with van der Waals surface area (Å²) >= 11 is 0. The molecule has 0 saturated heterocycles. The molecule has 0 aliphatic carbocycles. The van der Waals surface area contributed by atoms with Crippen LogP contribution in [0.4, 0.5) is 5.69 Å². The van der Waals surface area contributed by atoms with Crippen molar-refractivity contribution in [1.82, 2.24) is 0 Å². The molecule has 0 bridgehead atoms. The first kappa shape index (κ1) is 10.2. The molecule has 0 spiro atoms. The van der Waals surface area contributed by atoms with Crippen LogP contribution in [-0.4, -0.2) is 17.4 Å². The van der Waals surface area contributed by atoms with E-state index >= 15 is 0 Å². The van der Waals surface area contributed by atoms with E-state index in [9.17, 15) is 10.1 Å². The van der Waals surface area contributed by atoms with Crippen molar-refractivity contribution in [2.45, 2.75) is 6.92 Å². The molecule has 0 aromatic heterocycles. The fraction of sp³-hybridized carbons (Fsp3) is 0.222. The van der Waals surface area contributed by atoms with Crippen molar-refractivity contribution in [2.24, 2.45) is 0 Å². The first-order chi connectivity index (χ1) is 6.66. The fourth-order valence-electron chi connectivity index (χ4n) is 1.05. The fourth-order valence-corrected chi connectivity index (χ4v) is 1.05. The number of nitrogens with zero attached hydrogens (tertiary/aromatic N) is 1. The van der Waals surface area contributed by atoms with Crippen molar-refractivity contribution in [3.8, 4) is 0 Å². The van der Waals surface area contributed by atoms with Gasteiger partial charge in [-0.05, 0) is 13.0 Å². The smallest absolute Gasteiger partial charge is 0.282 e. The maximum Gasteiger partial charge on any atom is 0.282 e. The first-order valence-corrected chi connectivity index (χ1v) is 4.12. The quantitative estimate of drug-likeness (QED) is 0.346. The van der Waals surface area contributed by atoms with Crippen LogP contribution < -0.4 is 0 Å². The Morgan fingerprint density at radius 3 is 2.79 bits per heavy atom. The molecule has 1 aromatic carbocycles. The van der Waals surface area contributed by atoms with Crippen LogP contribution in [0.15, 0.2) is 24.3 Å². The van der Waals surface area contributed by atoms with E-state index in [0.717, 1.165) is 0 Å². The highest BCUT2D eigenvalue weighted by atomic mass is 16.6. The van der Waals surface area contributed by atoms with Gasteiger partial charge in [-0.15, -0.1) is 0 Å². The number of hydrogen-bond acceptors (Lipinski definition) is 4. The molecule has 0 radical (unpaired) electrons. The molecule has 0 fully saturated rings. The van der Waals surface area contributed by atoms with Gasteiger partial charge in [0.25, 0.3) is 5.69 Å². The van der Waals surface area contributed by atoms with Gasteiger partial charge in [0, 0.05) is 6.07 Å². The third kappa shape index (κ3) is 2.07. The zero-order chi connectivity index (χ0) is 10.6. The van der Waals surface area contributed by atoms with Gasteiger partial charge in [-0.25, -0.2) is 0 Å². The zero-order valence-electron chi connectivity index (χ0n) is 7.69. The summed E-state index contributed by atoms with van der Waals surface area (Å²) in [6.07, 6.45) is 0. The molecule has 74 valence electrons. The summed E-state index contributed by atoms with van der Waals surface area (Å²) < 4.78 is 4.90. The molecular formula is C9H10N2O3. The van der Waals surface area contributed by atoms with Crippen LogP contribution in [0.1, 0.15) is 12.5 Å². The molecular weight excluding hydrogens is 184 g/mol. The maximum absolute atomic E-state index is 10.6. The molecule has 14 heavy (non-hydrogen) atoms. The predicted molar refractivity (Wildman–Crippen MR) is 51.6 cm³/mol. The number of ether oxygens (including phenoxy) is 1. The normalized spacial score (nSPS) is 9.50. The highest BCUT2D eigenvalue weighted by Gasteiger charge is 2.16. The number of nitrogens with one attached hydrogen (secondary N) is 1. The lowest BCUT2D eigenvalue weighted by atomic mass is 10.2. The highest BCUT2D eigenvalue weighted by Crippen LogP contribution is 2.18. The van der Waals surface area contributed by atoms with E-state index in [1.165, 1.54) is 12.1 Å². The van der Waals surface area contributed by atoms with Crippen molar-refractivity contribution in [3.05, 3.63) is 39.9 Å². The van der Waals surface area contributed by atoms with Crippen molar-refractivity contribution in [2.75, 3.05) is 6.61 Å². The van der Waals surface area contributed by atoms with Gasteiger partial charge in [-0.2, -0.15) is 0 Å². The highest BCUT2D eigenvalue weighted by molar-refractivity contribution is 5.95. The van der Waals surface area contributed by atoms with E-state index in [2.05, 4.69) is 0 Å². The van der Waals surface area contributed by atoms with Crippen LogP contribution in [-0.2, 0) is 4.74 Å². The van der Waals surface area contributed by atoms with Gasteiger partial charge < -0.3 is 4.74 Å². The van der Waals surface area contributed by atoms with Crippen LogP contribution >= 0.6 is 0 Å². The molecule has 0 amide bonds. The van der Waals surface area contributed by atoms with Crippen LogP contribution in [0.2, 0.25) is 0 Å². The molecule has 0 heterocycles. The van der Waals surface area contributed by atoms with Gasteiger partial charge in [0.2, 0.25) is 5.90 Å². The van der Waals surface area contributed by atoms with Crippen molar-refractivity contribution < 1.29 is 9.66 Å². The Balaban J connectivity index is 3.07. The Morgan fingerprint density at radius 2 is 2.21 bits per heavy atom. The molecule has 0 aliphatic rings. The minimum Gasteiger partial charge on any atom is -0.478 e. The van der Waals surface area contributed by atoms with Gasteiger partial charge >= 0.3 is 0 Å². The van der Waals surface area contributed by atoms with Crippen molar-refractivity contribution >= 4 is 11.6 Å². The lowest BCUT2D eigenvalue weighted by molar-refractivity contribution is -0.385. The Labute approximate surface area is 81.0 Å². The number of nitro groups is 1. The Bertz CT molecular complexity index is 363. The molecule has 0 saturated carbocycles. The molecule has 1 N–H and O–H groups in total. The number of para-hydroxylation sites is 1. The second kappa shape index (κ2) is 4.36. The molecule has 1 rings (SSSR count). The Morgan fingerprint density at radius 1 is 1.57 bits per heavy atom. The second-order valence-electron chi connectivity index (χ2n) is 2.54. The van der Waals surface area contributed by atoms with E-state index < -0.39 is 4.92 Å². The summed E-state index contributed by atoms with van der Waals surface area (Å²) in [5.41, 5.74) is 0.102. The molecule has 1 aromatic rings. The summed E-state index contributed by atoms with van der Waals surface area (Å²) in [4.78, 5) is 10.1. The van der Waals surface area contributed by atoms with Crippen molar-refractivity contribution in [3.63, 3.8) is 0 Å². The lowest BCUT2D eigenvalue weighted by Crippen LogP contribution is -2.07. The minimum atomic E-state index is -0.525. The number of rotatable bonds is 3. The molecule has 5 heteroatoms. The molecule has 0 aliphatic heterocycles. The second-order valence-corrected chi connectivity index (χ2v) is 2.54. The molecule has 0 atom stereocenters. The Kier molecular flexibility index (Phi) is 3.17. The van der Waals surface area contributed by atoms with Crippen LogP contribution in [0, 0.1) is 15.5 Å². The molecule has 5 nitrogen and oxygen atoms in total. The lowest BCUT2D eigenvalue weighted by Gasteiger charge is -2.04.